The van der Waals surface area contributed by atoms with Gasteiger partial charge in [0.2, 0.25) is 5.91 Å². The van der Waals surface area contributed by atoms with E-state index in [0.717, 1.165) is 32.2 Å². The van der Waals surface area contributed by atoms with Crippen molar-refractivity contribution >= 4 is 52.0 Å². The summed E-state index contributed by atoms with van der Waals surface area (Å²) in [5, 5.41) is 2.24. The van der Waals surface area contributed by atoms with Gasteiger partial charge in [0.25, 0.3) is 0 Å². The van der Waals surface area contributed by atoms with Crippen LogP contribution in [0.2, 0.25) is 0 Å². The second-order valence-corrected chi connectivity index (χ2v) is 10.0. The van der Waals surface area contributed by atoms with Gasteiger partial charge < -0.3 is 14.0 Å². The lowest BCUT2D eigenvalue weighted by molar-refractivity contribution is -0.119. The molecule has 0 saturated carbocycles. The Morgan fingerprint density at radius 1 is 1.10 bits per heavy atom. The predicted octanol–water partition coefficient (Wildman–Crippen LogP) is 6.25. The van der Waals surface area contributed by atoms with Gasteiger partial charge in [0.05, 0.1) is 46.3 Å². The molecule has 3 heterocycles. The SMILES string of the molecule is CCn1cnc(-c2cc3nccc(Oc4ccc(N(S)C(=O)NC(=O)Cc5ccccc5OC)cc4F)c3s2)c1. The first-order valence-electron chi connectivity index (χ1n) is 12.2. The second kappa shape index (κ2) is 11.8. The van der Waals surface area contributed by atoms with E-state index in [9.17, 15) is 9.59 Å². The fraction of sp³-hybridized carbons (Fsp3) is 0.143. The number of hydrogen-bond acceptors (Lipinski definition) is 8. The molecule has 1 N–H and O–H groups in total. The summed E-state index contributed by atoms with van der Waals surface area (Å²) in [7, 11) is 1.50. The van der Waals surface area contributed by atoms with Gasteiger partial charge in [-0.2, -0.15) is 0 Å². The molecule has 12 heteroatoms. The van der Waals surface area contributed by atoms with Gasteiger partial charge in [0.15, 0.2) is 11.6 Å². The molecule has 9 nitrogen and oxygen atoms in total. The molecule has 5 rings (SSSR count). The number of ether oxygens (including phenoxy) is 2. The molecule has 0 unspecified atom stereocenters. The number of aryl methyl sites for hydroxylation is 1. The van der Waals surface area contributed by atoms with E-state index in [4.69, 9.17) is 9.47 Å². The number of imidazole rings is 1. The van der Waals surface area contributed by atoms with Gasteiger partial charge in [-0.3, -0.25) is 15.1 Å². The van der Waals surface area contributed by atoms with Crippen LogP contribution < -0.4 is 19.1 Å². The van der Waals surface area contributed by atoms with Crippen molar-refractivity contribution in [3.8, 4) is 27.8 Å². The molecule has 2 aromatic carbocycles. The Balaban J connectivity index is 1.28. The fourth-order valence-electron chi connectivity index (χ4n) is 3.96. The molecule has 3 aromatic heterocycles. The topological polar surface area (TPSA) is 98.6 Å². The smallest absolute Gasteiger partial charge is 0.338 e. The predicted molar refractivity (Wildman–Crippen MR) is 155 cm³/mol. The number of thiophene rings is 1. The molecule has 0 aliphatic rings. The molecular formula is C28H24FN5O4S2. The number of urea groups is 1. The number of anilines is 1. The summed E-state index contributed by atoms with van der Waals surface area (Å²) < 4.78 is 29.8. The number of nitrogens with zero attached hydrogens (tertiary/aromatic N) is 4. The monoisotopic (exact) mass is 577 g/mol. The number of imide groups is 1. The molecule has 0 saturated heterocycles. The molecule has 0 spiro atoms. The number of rotatable bonds is 8. The normalized spacial score (nSPS) is 10.9. The fourth-order valence-corrected chi connectivity index (χ4v) is 5.16. The molecule has 0 atom stereocenters. The third-order valence-corrected chi connectivity index (χ3v) is 7.56. The lowest BCUT2D eigenvalue weighted by Crippen LogP contribution is -2.39. The van der Waals surface area contributed by atoms with Crippen LogP contribution in [-0.4, -0.2) is 33.6 Å². The number of carbonyl (C=O) groups excluding carboxylic acids is 2. The van der Waals surface area contributed by atoms with Crippen molar-refractivity contribution in [2.24, 2.45) is 0 Å². The maximum Gasteiger partial charge on any atom is 0.338 e. The van der Waals surface area contributed by atoms with Crippen LogP contribution in [0.1, 0.15) is 12.5 Å². The first-order valence-corrected chi connectivity index (χ1v) is 13.4. The zero-order valence-corrected chi connectivity index (χ0v) is 23.2. The van der Waals surface area contributed by atoms with Crippen molar-refractivity contribution in [1.29, 1.82) is 0 Å². The highest BCUT2D eigenvalue weighted by molar-refractivity contribution is 7.82. The van der Waals surface area contributed by atoms with Crippen LogP contribution in [0, 0.1) is 5.82 Å². The van der Waals surface area contributed by atoms with Crippen LogP contribution in [0.4, 0.5) is 14.9 Å². The van der Waals surface area contributed by atoms with Gasteiger partial charge in [-0.25, -0.2) is 18.5 Å². The largest absolute Gasteiger partial charge is 0.496 e. The van der Waals surface area contributed by atoms with E-state index in [1.807, 2.05) is 23.8 Å². The van der Waals surface area contributed by atoms with Crippen LogP contribution in [0.15, 0.2) is 73.3 Å². The lowest BCUT2D eigenvalue weighted by Gasteiger charge is -2.17. The van der Waals surface area contributed by atoms with E-state index in [0.29, 0.717) is 22.6 Å². The third-order valence-electron chi connectivity index (χ3n) is 5.99. The molecule has 5 aromatic rings. The number of para-hydroxylation sites is 1. The summed E-state index contributed by atoms with van der Waals surface area (Å²) in [4.78, 5) is 34.8. The Hall–Kier alpha value is -4.42. The Morgan fingerprint density at radius 3 is 2.67 bits per heavy atom. The van der Waals surface area contributed by atoms with Crippen molar-refractivity contribution in [2.75, 3.05) is 11.4 Å². The standard InChI is InChI=1S/C28H24FN5O4S2/c1-3-33-15-21(31-16-33)25-14-20-27(40-25)24(10-11-30-20)38-23-9-8-18(13-19(23)29)34(39)28(36)32-26(35)12-17-6-4-5-7-22(17)37-2/h4-11,13-16,39H,3,12H2,1-2H3,(H,32,35,36). The molecule has 0 bridgehead atoms. The Bertz CT molecular complexity index is 1700. The average molecular weight is 578 g/mol. The van der Waals surface area contributed by atoms with E-state index >= 15 is 4.39 Å². The maximum atomic E-state index is 15.1. The summed E-state index contributed by atoms with van der Waals surface area (Å²) in [6.45, 7) is 2.84. The summed E-state index contributed by atoms with van der Waals surface area (Å²) in [6, 6.07) is 13.7. The van der Waals surface area contributed by atoms with Crippen LogP contribution >= 0.6 is 24.2 Å². The number of thiol groups is 1. The van der Waals surface area contributed by atoms with Gasteiger partial charge in [0.1, 0.15) is 11.5 Å². The molecule has 0 fully saturated rings. The number of fused-ring (bicyclic) bond motifs is 1. The number of hydrogen-bond donors (Lipinski definition) is 2. The van der Waals surface area contributed by atoms with Crippen molar-refractivity contribution in [1.82, 2.24) is 19.9 Å². The number of carbonyl (C=O) groups is 2. The highest BCUT2D eigenvalue weighted by Crippen LogP contribution is 2.39. The molecule has 204 valence electrons. The molecular weight excluding hydrogens is 553 g/mol. The van der Waals surface area contributed by atoms with Crippen LogP contribution in [0.25, 0.3) is 20.8 Å². The zero-order valence-electron chi connectivity index (χ0n) is 21.5. The number of methoxy groups -OCH3 is 1. The van der Waals surface area contributed by atoms with E-state index in [-0.39, 0.29) is 17.9 Å². The Labute approximate surface area is 238 Å². The first-order chi connectivity index (χ1) is 19.4. The van der Waals surface area contributed by atoms with Gasteiger partial charge in [-0.1, -0.05) is 31.0 Å². The van der Waals surface area contributed by atoms with Crippen molar-refractivity contribution in [2.45, 2.75) is 19.9 Å². The number of amides is 3. The quantitative estimate of drug-likeness (QED) is 0.212. The second-order valence-electron chi connectivity index (χ2n) is 8.59. The van der Waals surface area contributed by atoms with Crippen molar-refractivity contribution in [3.05, 3.63) is 84.7 Å². The molecule has 40 heavy (non-hydrogen) atoms. The molecule has 0 aliphatic carbocycles. The minimum absolute atomic E-state index is 0.0455. The third kappa shape index (κ3) is 5.77. The number of pyridine rings is 1. The van der Waals surface area contributed by atoms with Crippen molar-refractivity contribution in [3.63, 3.8) is 0 Å². The van der Waals surface area contributed by atoms with Gasteiger partial charge in [-0.15, -0.1) is 11.3 Å². The van der Waals surface area contributed by atoms with E-state index in [1.54, 1.807) is 42.9 Å². The number of nitrogens with one attached hydrogen (secondary N) is 1. The van der Waals surface area contributed by atoms with Crippen molar-refractivity contribution < 1.29 is 23.5 Å². The summed E-state index contributed by atoms with van der Waals surface area (Å²) in [6.07, 6.45) is 5.23. The Kier molecular flexibility index (Phi) is 7.99. The summed E-state index contributed by atoms with van der Waals surface area (Å²) in [5.41, 5.74) is 2.25. The molecule has 0 radical (unpaired) electrons. The summed E-state index contributed by atoms with van der Waals surface area (Å²) >= 11 is 5.60. The van der Waals surface area contributed by atoms with Crippen LogP contribution in [0.3, 0.4) is 0 Å². The average Bonchev–Trinajstić information content (AvgIpc) is 3.61. The van der Waals surface area contributed by atoms with E-state index in [2.05, 4.69) is 28.1 Å². The number of halogens is 1. The van der Waals surface area contributed by atoms with Gasteiger partial charge in [-0.05, 0) is 31.2 Å². The van der Waals surface area contributed by atoms with Crippen LogP contribution in [-0.2, 0) is 17.8 Å². The number of aromatic nitrogens is 3. The molecule has 3 amide bonds. The van der Waals surface area contributed by atoms with Crippen LogP contribution in [0.5, 0.6) is 17.2 Å². The highest BCUT2D eigenvalue weighted by Gasteiger charge is 2.19. The van der Waals surface area contributed by atoms with Gasteiger partial charge in [0, 0.05) is 36.6 Å². The van der Waals surface area contributed by atoms with E-state index in [1.165, 1.54) is 30.6 Å². The maximum absolute atomic E-state index is 15.1. The molecule has 0 aliphatic heterocycles. The number of benzene rings is 2. The van der Waals surface area contributed by atoms with E-state index < -0.39 is 17.8 Å². The zero-order chi connectivity index (χ0) is 28.2. The minimum Gasteiger partial charge on any atom is -0.496 e. The highest BCUT2D eigenvalue weighted by atomic mass is 32.1. The lowest BCUT2D eigenvalue weighted by atomic mass is 10.1. The summed E-state index contributed by atoms with van der Waals surface area (Å²) in [5.74, 6) is -0.357. The van der Waals surface area contributed by atoms with Gasteiger partial charge >= 0.3 is 6.03 Å². The first kappa shape index (κ1) is 27.2. The Morgan fingerprint density at radius 2 is 1.93 bits per heavy atom. The minimum atomic E-state index is -0.830.